The lowest BCUT2D eigenvalue weighted by Gasteiger charge is -2.31. The SMILES string of the molecule is CN1CC2C[C@H]1CN2C(=O)c1n[nH]c2cc(OC(F)(F)F)ccc12. The number of aromatic amines is 1. The number of hydrogen-bond acceptors (Lipinski definition) is 4. The van der Waals surface area contributed by atoms with Crippen LogP contribution >= 0.6 is 0 Å². The zero-order valence-corrected chi connectivity index (χ0v) is 12.8. The number of nitrogens with zero attached hydrogens (tertiary/aromatic N) is 3. The molecule has 2 atom stereocenters. The number of rotatable bonds is 2. The number of alkyl halides is 3. The average Bonchev–Trinajstić information content (AvgIpc) is 3.17. The highest BCUT2D eigenvalue weighted by molar-refractivity contribution is 6.05. The van der Waals surface area contributed by atoms with Crippen LogP contribution in [0, 0.1) is 0 Å². The van der Waals surface area contributed by atoms with E-state index < -0.39 is 6.36 Å². The summed E-state index contributed by atoms with van der Waals surface area (Å²) in [4.78, 5) is 16.8. The van der Waals surface area contributed by atoms with Gasteiger partial charge in [-0.25, -0.2) is 0 Å². The van der Waals surface area contributed by atoms with Gasteiger partial charge in [0.25, 0.3) is 5.91 Å². The third-order valence-electron chi connectivity index (χ3n) is 4.75. The van der Waals surface area contributed by atoms with Crippen molar-refractivity contribution in [2.75, 3.05) is 20.1 Å². The molecule has 24 heavy (non-hydrogen) atoms. The molecule has 1 unspecified atom stereocenters. The summed E-state index contributed by atoms with van der Waals surface area (Å²) in [6.07, 6.45) is -3.80. The summed E-state index contributed by atoms with van der Waals surface area (Å²) in [7, 11) is 2.04. The molecule has 2 fully saturated rings. The summed E-state index contributed by atoms with van der Waals surface area (Å²) in [5.41, 5.74) is 0.570. The molecular weight excluding hydrogens is 325 g/mol. The zero-order valence-electron chi connectivity index (χ0n) is 12.8. The number of ether oxygens (including phenoxy) is 1. The fraction of sp³-hybridized carbons (Fsp3) is 0.467. The van der Waals surface area contributed by atoms with Gasteiger partial charge in [0.2, 0.25) is 0 Å². The van der Waals surface area contributed by atoms with Crippen molar-refractivity contribution in [2.45, 2.75) is 24.9 Å². The molecule has 4 rings (SSSR count). The van der Waals surface area contributed by atoms with Crippen molar-refractivity contribution in [3.8, 4) is 5.75 Å². The maximum atomic E-state index is 12.7. The standard InChI is InChI=1S/C15H15F3N4O2/c1-21-6-9-4-8(21)7-22(9)14(23)13-11-3-2-10(24-15(16,17)18)5-12(11)19-20-13/h2-3,5,8-9H,4,6-7H2,1H3,(H,19,20)/t8-,9?/m0/s1. The smallest absolute Gasteiger partial charge is 0.406 e. The van der Waals surface area contributed by atoms with Crippen LogP contribution < -0.4 is 4.74 Å². The molecule has 6 nitrogen and oxygen atoms in total. The van der Waals surface area contributed by atoms with Crippen LogP contribution in [0.15, 0.2) is 18.2 Å². The van der Waals surface area contributed by atoms with Crippen molar-refractivity contribution in [3.63, 3.8) is 0 Å². The van der Waals surface area contributed by atoms with Gasteiger partial charge in [0.15, 0.2) is 5.69 Å². The van der Waals surface area contributed by atoms with Gasteiger partial charge in [-0.1, -0.05) is 0 Å². The zero-order chi connectivity index (χ0) is 17.1. The molecule has 2 aliphatic rings. The highest BCUT2D eigenvalue weighted by Crippen LogP contribution is 2.32. The van der Waals surface area contributed by atoms with E-state index in [-0.39, 0.29) is 23.4 Å². The highest BCUT2D eigenvalue weighted by Gasteiger charge is 2.44. The van der Waals surface area contributed by atoms with Crippen LogP contribution in [0.2, 0.25) is 0 Å². The number of likely N-dealkylation sites (tertiary alicyclic amines) is 2. The van der Waals surface area contributed by atoms with Crippen LogP contribution in [0.3, 0.4) is 0 Å². The van der Waals surface area contributed by atoms with Crippen LogP contribution in [0.1, 0.15) is 16.9 Å². The van der Waals surface area contributed by atoms with Gasteiger partial charge in [0.05, 0.1) is 5.52 Å². The number of likely N-dealkylation sites (N-methyl/N-ethyl adjacent to an activating group) is 1. The Morgan fingerprint density at radius 2 is 2.12 bits per heavy atom. The molecule has 1 N–H and O–H groups in total. The van der Waals surface area contributed by atoms with Gasteiger partial charge in [0, 0.05) is 36.6 Å². The summed E-state index contributed by atoms with van der Waals surface area (Å²) in [6, 6.07) is 4.35. The lowest BCUT2D eigenvalue weighted by molar-refractivity contribution is -0.274. The number of halogens is 3. The summed E-state index contributed by atoms with van der Waals surface area (Å²) in [5, 5.41) is 7.12. The normalized spacial score (nSPS) is 24.1. The Balaban J connectivity index is 1.60. The second-order valence-corrected chi connectivity index (χ2v) is 6.27. The van der Waals surface area contributed by atoms with E-state index >= 15 is 0 Å². The fourth-order valence-corrected chi connectivity index (χ4v) is 3.61. The molecule has 1 aromatic heterocycles. The fourth-order valence-electron chi connectivity index (χ4n) is 3.61. The van der Waals surface area contributed by atoms with Gasteiger partial charge >= 0.3 is 6.36 Å². The van der Waals surface area contributed by atoms with Crippen molar-refractivity contribution in [3.05, 3.63) is 23.9 Å². The van der Waals surface area contributed by atoms with E-state index in [2.05, 4.69) is 19.8 Å². The first kappa shape index (κ1) is 15.3. The van der Waals surface area contributed by atoms with E-state index in [0.717, 1.165) is 13.0 Å². The molecule has 2 aliphatic heterocycles. The van der Waals surface area contributed by atoms with E-state index in [0.29, 0.717) is 23.5 Å². The van der Waals surface area contributed by atoms with E-state index in [1.807, 2.05) is 7.05 Å². The second kappa shape index (κ2) is 5.10. The molecule has 0 aliphatic carbocycles. The first-order valence-electron chi connectivity index (χ1n) is 7.57. The molecule has 1 amide bonds. The van der Waals surface area contributed by atoms with E-state index in [1.54, 1.807) is 4.90 Å². The van der Waals surface area contributed by atoms with Crippen LogP contribution in [-0.4, -0.2) is 64.5 Å². The molecule has 9 heteroatoms. The van der Waals surface area contributed by atoms with Crippen molar-refractivity contribution in [1.82, 2.24) is 20.0 Å². The second-order valence-electron chi connectivity index (χ2n) is 6.27. The predicted octanol–water partition coefficient (Wildman–Crippen LogP) is 1.99. The topological polar surface area (TPSA) is 61.5 Å². The lowest BCUT2D eigenvalue weighted by Crippen LogP contribution is -2.47. The number of H-pyrrole nitrogens is 1. The molecule has 2 aromatic rings. The quantitative estimate of drug-likeness (QED) is 0.908. The monoisotopic (exact) mass is 340 g/mol. The number of aromatic nitrogens is 2. The van der Waals surface area contributed by atoms with E-state index in [1.165, 1.54) is 18.2 Å². The lowest BCUT2D eigenvalue weighted by atomic mass is 10.1. The summed E-state index contributed by atoms with van der Waals surface area (Å²) in [6.45, 7) is 1.49. The number of hydrogen-bond donors (Lipinski definition) is 1. The van der Waals surface area contributed by atoms with Gasteiger partial charge in [-0.15, -0.1) is 13.2 Å². The minimum Gasteiger partial charge on any atom is -0.406 e. The van der Waals surface area contributed by atoms with Crippen molar-refractivity contribution >= 4 is 16.8 Å². The number of piperazine rings is 1. The summed E-state index contributed by atoms with van der Waals surface area (Å²) < 4.78 is 40.7. The molecular formula is C15H15F3N4O2. The highest BCUT2D eigenvalue weighted by atomic mass is 19.4. The number of benzene rings is 1. The largest absolute Gasteiger partial charge is 0.573 e. The summed E-state index contributed by atoms with van der Waals surface area (Å²) >= 11 is 0. The molecule has 2 saturated heterocycles. The Kier molecular flexibility index (Phi) is 3.24. The van der Waals surface area contributed by atoms with Crippen LogP contribution in [-0.2, 0) is 0 Å². The van der Waals surface area contributed by atoms with Crippen LogP contribution in [0.5, 0.6) is 5.75 Å². The van der Waals surface area contributed by atoms with Crippen molar-refractivity contribution < 1.29 is 22.7 Å². The Labute approximate surface area is 135 Å². The van der Waals surface area contributed by atoms with Crippen LogP contribution in [0.25, 0.3) is 10.9 Å². The average molecular weight is 340 g/mol. The molecule has 128 valence electrons. The molecule has 0 spiro atoms. The summed E-state index contributed by atoms with van der Waals surface area (Å²) in [5.74, 6) is -0.536. The Hall–Kier alpha value is -2.29. The number of carbonyl (C=O) groups is 1. The maximum Gasteiger partial charge on any atom is 0.573 e. The molecule has 1 aromatic carbocycles. The third-order valence-corrected chi connectivity index (χ3v) is 4.75. The van der Waals surface area contributed by atoms with Gasteiger partial charge in [-0.3, -0.25) is 14.8 Å². The minimum absolute atomic E-state index is 0.173. The molecule has 2 bridgehead atoms. The first-order chi connectivity index (χ1) is 11.3. The predicted molar refractivity (Wildman–Crippen MR) is 78.6 cm³/mol. The van der Waals surface area contributed by atoms with Gasteiger partial charge in [-0.05, 0) is 25.6 Å². The van der Waals surface area contributed by atoms with Crippen LogP contribution in [0.4, 0.5) is 13.2 Å². The first-order valence-corrected chi connectivity index (χ1v) is 7.57. The van der Waals surface area contributed by atoms with Gasteiger partial charge < -0.3 is 9.64 Å². The number of nitrogens with one attached hydrogen (secondary N) is 1. The third kappa shape index (κ3) is 2.48. The number of fused-ring (bicyclic) bond motifs is 3. The Morgan fingerprint density at radius 3 is 2.75 bits per heavy atom. The maximum absolute atomic E-state index is 12.7. The number of carbonyl (C=O) groups excluding carboxylic acids is 1. The number of amides is 1. The molecule has 3 heterocycles. The van der Waals surface area contributed by atoms with E-state index in [9.17, 15) is 18.0 Å². The van der Waals surface area contributed by atoms with Gasteiger partial charge in [-0.2, -0.15) is 5.10 Å². The van der Waals surface area contributed by atoms with Crippen molar-refractivity contribution in [1.29, 1.82) is 0 Å². The molecule has 0 radical (unpaired) electrons. The van der Waals surface area contributed by atoms with E-state index in [4.69, 9.17) is 0 Å². The van der Waals surface area contributed by atoms with Crippen molar-refractivity contribution in [2.24, 2.45) is 0 Å². The molecule has 0 saturated carbocycles. The Bertz CT molecular complexity index is 802. The Morgan fingerprint density at radius 1 is 1.33 bits per heavy atom. The minimum atomic E-state index is -4.76. The van der Waals surface area contributed by atoms with Gasteiger partial charge in [0.1, 0.15) is 5.75 Å².